The minimum absolute atomic E-state index is 0.281. The van der Waals surface area contributed by atoms with Crippen LogP contribution in [0.5, 0.6) is 0 Å². The predicted octanol–water partition coefficient (Wildman–Crippen LogP) is 1.74. The molecule has 2 rings (SSSR count). The van der Waals surface area contributed by atoms with Crippen molar-refractivity contribution in [3.63, 3.8) is 0 Å². The highest BCUT2D eigenvalue weighted by Crippen LogP contribution is 2.36. The van der Waals surface area contributed by atoms with Gasteiger partial charge in [-0.2, -0.15) is 0 Å². The highest BCUT2D eigenvalue weighted by Gasteiger charge is 2.40. The van der Waals surface area contributed by atoms with Crippen LogP contribution in [0, 0.1) is 0 Å². The molecular formula is C14H26O5. The van der Waals surface area contributed by atoms with Crippen LogP contribution >= 0.6 is 0 Å². The Kier molecular flexibility index (Phi) is 6.53. The zero-order valence-electron chi connectivity index (χ0n) is 11.9. The van der Waals surface area contributed by atoms with Crippen molar-refractivity contribution in [1.29, 1.82) is 0 Å². The Balaban J connectivity index is 1.47. The summed E-state index contributed by atoms with van der Waals surface area (Å²) in [6.07, 6.45) is 5.21. The summed E-state index contributed by atoms with van der Waals surface area (Å²) >= 11 is 0. The number of rotatable bonds is 8. The highest BCUT2D eigenvalue weighted by molar-refractivity contribution is 4.82. The van der Waals surface area contributed by atoms with Gasteiger partial charge in [-0.1, -0.05) is 0 Å². The van der Waals surface area contributed by atoms with E-state index in [1.165, 1.54) is 0 Å². The summed E-state index contributed by atoms with van der Waals surface area (Å²) in [6, 6.07) is 0. The van der Waals surface area contributed by atoms with Crippen molar-refractivity contribution in [2.24, 2.45) is 0 Å². The molecule has 0 N–H and O–H groups in total. The molecule has 0 amide bonds. The maximum Gasteiger partial charge on any atom is 0.168 e. The van der Waals surface area contributed by atoms with E-state index in [0.717, 1.165) is 58.5 Å². The third kappa shape index (κ3) is 5.00. The van der Waals surface area contributed by atoms with Gasteiger partial charge in [0.2, 0.25) is 0 Å². The molecule has 0 aromatic carbocycles. The Morgan fingerprint density at radius 3 is 2.42 bits per heavy atom. The number of methoxy groups -OCH3 is 1. The second-order valence-corrected chi connectivity index (χ2v) is 5.14. The average molecular weight is 274 g/mol. The Morgan fingerprint density at radius 1 is 1.00 bits per heavy atom. The molecule has 0 unspecified atom stereocenters. The van der Waals surface area contributed by atoms with Gasteiger partial charge in [0.1, 0.15) is 0 Å². The maximum atomic E-state index is 5.82. The molecule has 2 fully saturated rings. The Hall–Kier alpha value is -0.200. The molecule has 2 aliphatic rings. The molecule has 112 valence electrons. The van der Waals surface area contributed by atoms with E-state index >= 15 is 0 Å². The fourth-order valence-electron chi connectivity index (χ4n) is 2.66. The molecule has 0 radical (unpaired) electrons. The molecule has 5 nitrogen and oxygen atoms in total. The third-order valence-corrected chi connectivity index (χ3v) is 3.73. The first-order valence-corrected chi connectivity index (χ1v) is 7.31. The molecule has 0 atom stereocenters. The van der Waals surface area contributed by atoms with Crippen LogP contribution in [0.2, 0.25) is 0 Å². The Morgan fingerprint density at radius 2 is 1.74 bits per heavy atom. The SMILES string of the molecule is COCCCOCCOC1CCC2(CC1)OCCO2. The molecule has 1 heterocycles. The van der Waals surface area contributed by atoms with Gasteiger partial charge in [-0.15, -0.1) is 0 Å². The Bertz CT molecular complexity index is 230. The van der Waals surface area contributed by atoms with Gasteiger partial charge in [-0.25, -0.2) is 0 Å². The molecule has 1 saturated carbocycles. The van der Waals surface area contributed by atoms with E-state index in [0.29, 0.717) is 19.3 Å². The van der Waals surface area contributed by atoms with Gasteiger partial charge >= 0.3 is 0 Å². The minimum Gasteiger partial charge on any atom is -0.385 e. The first kappa shape index (κ1) is 15.2. The molecule has 0 aromatic heterocycles. The van der Waals surface area contributed by atoms with Crippen LogP contribution in [0.15, 0.2) is 0 Å². The summed E-state index contributed by atoms with van der Waals surface area (Å²) < 4.78 is 27.6. The summed E-state index contributed by atoms with van der Waals surface area (Å²) in [7, 11) is 1.71. The van der Waals surface area contributed by atoms with E-state index in [9.17, 15) is 0 Å². The second-order valence-electron chi connectivity index (χ2n) is 5.14. The van der Waals surface area contributed by atoms with Gasteiger partial charge in [0.25, 0.3) is 0 Å². The van der Waals surface area contributed by atoms with Crippen LogP contribution in [0.1, 0.15) is 32.1 Å². The molecule has 19 heavy (non-hydrogen) atoms. The summed E-state index contributed by atoms with van der Waals surface area (Å²) in [6.45, 7) is 4.31. The van der Waals surface area contributed by atoms with Gasteiger partial charge in [0, 0.05) is 33.2 Å². The van der Waals surface area contributed by atoms with Crippen molar-refractivity contribution >= 4 is 0 Å². The molecule has 1 aliphatic carbocycles. The van der Waals surface area contributed by atoms with E-state index in [2.05, 4.69) is 0 Å². The van der Waals surface area contributed by atoms with Crippen LogP contribution in [-0.4, -0.2) is 58.6 Å². The van der Waals surface area contributed by atoms with Crippen LogP contribution in [0.3, 0.4) is 0 Å². The molecule has 1 aliphatic heterocycles. The molecule has 5 heteroatoms. The topological polar surface area (TPSA) is 46.2 Å². The van der Waals surface area contributed by atoms with Crippen LogP contribution in [0.4, 0.5) is 0 Å². The largest absolute Gasteiger partial charge is 0.385 e. The smallest absolute Gasteiger partial charge is 0.168 e. The lowest BCUT2D eigenvalue weighted by Crippen LogP contribution is -2.37. The Labute approximate surface area is 115 Å². The van der Waals surface area contributed by atoms with Crippen molar-refractivity contribution in [1.82, 2.24) is 0 Å². The van der Waals surface area contributed by atoms with Gasteiger partial charge < -0.3 is 23.7 Å². The van der Waals surface area contributed by atoms with E-state index in [-0.39, 0.29) is 5.79 Å². The lowest BCUT2D eigenvalue weighted by atomic mass is 9.92. The standard InChI is InChI=1S/C14H26O5/c1-15-7-2-8-16-9-10-17-13-3-5-14(6-4-13)18-11-12-19-14/h13H,2-12H2,1H3. The number of ether oxygens (including phenoxy) is 5. The molecule has 1 spiro atoms. The van der Waals surface area contributed by atoms with Crippen LogP contribution < -0.4 is 0 Å². The van der Waals surface area contributed by atoms with E-state index in [4.69, 9.17) is 23.7 Å². The predicted molar refractivity (Wildman–Crippen MR) is 70.2 cm³/mol. The summed E-state index contributed by atoms with van der Waals surface area (Å²) in [5, 5.41) is 0. The van der Waals surface area contributed by atoms with Crippen molar-refractivity contribution in [2.45, 2.75) is 44.0 Å². The van der Waals surface area contributed by atoms with Crippen molar-refractivity contribution in [3.8, 4) is 0 Å². The van der Waals surface area contributed by atoms with Gasteiger partial charge in [0.15, 0.2) is 5.79 Å². The molecular weight excluding hydrogens is 248 g/mol. The lowest BCUT2D eigenvalue weighted by molar-refractivity contribution is -0.192. The lowest BCUT2D eigenvalue weighted by Gasteiger charge is -2.35. The number of hydrogen-bond acceptors (Lipinski definition) is 5. The summed E-state index contributed by atoms with van der Waals surface area (Å²) in [4.78, 5) is 0. The van der Waals surface area contributed by atoms with Crippen molar-refractivity contribution < 1.29 is 23.7 Å². The van der Waals surface area contributed by atoms with E-state index < -0.39 is 0 Å². The normalized spacial score (nSPS) is 23.2. The first-order chi connectivity index (χ1) is 9.35. The van der Waals surface area contributed by atoms with E-state index in [1.54, 1.807) is 7.11 Å². The molecule has 1 saturated heterocycles. The van der Waals surface area contributed by atoms with Gasteiger partial charge in [0.05, 0.1) is 32.5 Å². The second kappa shape index (κ2) is 8.17. The fourth-order valence-corrected chi connectivity index (χ4v) is 2.66. The number of hydrogen-bond donors (Lipinski definition) is 0. The van der Waals surface area contributed by atoms with Gasteiger partial charge in [-0.05, 0) is 19.3 Å². The summed E-state index contributed by atoms with van der Waals surface area (Å²) in [5.41, 5.74) is 0. The quantitative estimate of drug-likeness (QED) is 0.631. The van der Waals surface area contributed by atoms with Crippen molar-refractivity contribution in [2.75, 3.05) is 46.8 Å². The van der Waals surface area contributed by atoms with E-state index in [1.807, 2.05) is 0 Å². The third-order valence-electron chi connectivity index (χ3n) is 3.73. The zero-order valence-corrected chi connectivity index (χ0v) is 11.9. The summed E-state index contributed by atoms with van der Waals surface area (Å²) in [5.74, 6) is -0.281. The monoisotopic (exact) mass is 274 g/mol. The van der Waals surface area contributed by atoms with Crippen LogP contribution in [-0.2, 0) is 23.7 Å². The van der Waals surface area contributed by atoms with Crippen LogP contribution in [0.25, 0.3) is 0 Å². The van der Waals surface area contributed by atoms with Crippen molar-refractivity contribution in [3.05, 3.63) is 0 Å². The first-order valence-electron chi connectivity index (χ1n) is 7.31. The molecule has 0 aromatic rings. The highest BCUT2D eigenvalue weighted by atomic mass is 16.7. The average Bonchev–Trinajstić information content (AvgIpc) is 2.89. The minimum atomic E-state index is -0.281. The fraction of sp³-hybridized carbons (Fsp3) is 1.00. The molecule has 0 bridgehead atoms. The maximum absolute atomic E-state index is 5.82. The zero-order chi connectivity index (χ0) is 13.4. The van der Waals surface area contributed by atoms with Gasteiger partial charge in [-0.3, -0.25) is 0 Å².